The van der Waals surface area contributed by atoms with E-state index in [9.17, 15) is 0 Å². The van der Waals surface area contributed by atoms with Gasteiger partial charge in [0, 0.05) is 18.6 Å². The van der Waals surface area contributed by atoms with Crippen molar-refractivity contribution in [2.24, 2.45) is 9.98 Å². The first-order chi connectivity index (χ1) is 20.7. The van der Waals surface area contributed by atoms with Crippen molar-refractivity contribution in [1.82, 2.24) is 4.98 Å². The van der Waals surface area contributed by atoms with Gasteiger partial charge in [0.05, 0.1) is 34.2 Å². The minimum atomic E-state index is 0. The van der Waals surface area contributed by atoms with Crippen molar-refractivity contribution in [3.8, 4) is 0 Å². The number of aliphatic imine (C=N–C) groups is 2. The number of rotatable bonds is 16. The Morgan fingerprint density at radius 3 is 1.00 bits per heavy atom. The van der Waals surface area contributed by atoms with Crippen LogP contribution in [0, 0.1) is 20.8 Å². The van der Waals surface area contributed by atoms with Gasteiger partial charge in [-0.1, -0.05) is 88.8 Å². The Labute approximate surface area is 317 Å². The Morgan fingerprint density at radius 1 is 0.489 bits per heavy atom. The molecule has 2 aromatic carbocycles. The number of unbranched alkanes of at least 4 members (excludes halogenated alkanes) is 4. The van der Waals surface area contributed by atoms with Crippen LogP contribution in [0.4, 0.5) is 11.4 Å². The zero-order valence-electron chi connectivity index (χ0n) is 30.4. The third kappa shape index (κ3) is 14.4. The van der Waals surface area contributed by atoms with Crippen LogP contribution in [0.15, 0.2) is 46.4 Å². The van der Waals surface area contributed by atoms with Crippen molar-refractivity contribution in [2.45, 2.75) is 139 Å². The molecule has 0 bridgehead atoms. The van der Waals surface area contributed by atoms with E-state index in [1.54, 1.807) is 0 Å². The van der Waals surface area contributed by atoms with Crippen molar-refractivity contribution in [3.63, 3.8) is 0 Å². The molecule has 0 atom stereocenters. The number of hydrogen-bond donors (Lipinski definition) is 0. The first kappa shape index (κ1) is 47.5. The molecule has 0 unspecified atom stereocenters. The molecule has 0 saturated heterocycles. The van der Waals surface area contributed by atoms with E-state index in [2.05, 4.69) is 98.7 Å². The average molecular weight is 737 g/mol. The first-order valence-corrected chi connectivity index (χ1v) is 17.0. The van der Waals surface area contributed by atoms with E-state index in [0.717, 1.165) is 48.5 Å². The largest absolute Gasteiger partial charge is 1.00 e. The summed E-state index contributed by atoms with van der Waals surface area (Å²) in [6.07, 6.45) is 13.7. The van der Waals surface area contributed by atoms with Crippen molar-refractivity contribution < 1.29 is 55.8 Å². The zero-order chi connectivity index (χ0) is 31.4. The molecule has 0 aliphatic carbocycles. The second-order valence-electron chi connectivity index (χ2n) is 12.6. The van der Waals surface area contributed by atoms with Gasteiger partial charge in [-0.3, -0.25) is 9.98 Å². The number of halogens is 3. The molecule has 3 aromatic rings. The molecule has 0 spiro atoms. The number of aryl methyl sites for hydroxylation is 7. The number of pyridine rings is 1. The first-order valence-electron chi connectivity index (χ1n) is 17.0. The Kier molecular flexibility index (Phi) is 24.8. The summed E-state index contributed by atoms with van der Waals surface area (Å²) in [5, 5.41) is 0. The van der Waals surface area contributed by atoms with Crippen molar-refractivity contribution in [1.29, 1.82) is 0 Å². The van der Waals surface area contributed by atoms with Gasteiger partial charge in [-0.05, 0) is 126 Å². The number of hydrogen-bond acceptors (Lipinski definition) is 3. The number of aromatic nitrogens is 1. The fourth-order valence-corrected chi connectivity index (χ4v) is 5.87. The molecule has 1 radical (unpaired) electrons. The summed E-state index contributed by atoms with van der Waals surface area (Å²) >= 11 is 0. The van der Waals surface area contributed by atoms with Crippen LogP contribution in [0.25, 0.3) is 0 Å². The Morgan fingerprint density at radius 2 is 0.745 bits per heavy atom. The van der Waals surface area contributed by atoms with Gasteiger partial charge in [-0.2, -0.15) is 0 Å². The molecule has 47 heavy (non-hydrogen) atoms. The van der Waals surface area contributed by atoms with Crippen molar-refractivity contribution in [2.75, 3.05) is 0 Å². The van der Waals surface area contributed by atoms with Gasteiger partial charge >= 0.3 is 0 Å². The third-order valence-corrected chi connectivity index (χ3v) is 8.29. The van der Waals surface area contributed by atoms with Gasteiger partial charge in [0.15, 0.2) is 0 Å². The molecule has 3 rings (SSSR count). The van der Waals surface area contributed by atoms with Crippen LogP contribution < -0.4 is 37.2 Å². The van der Waals surface area contributed by atoms with Gasteiger partial charge in [0.1, 0.15) is 0 Å². The molecule has 0 saturated carbocycles. The molecule has 1 heterocycles. The van der Waals surface area contributed by atoms with E-state index in [1.165, 1.54) is 102 Å². The molecule has 0 fully saturated rings. The van der Waals surface area contributed by atoms with Crippen LogP contribution in [-0.2, 0) is 44.2 Å². The third-order valence-electron chi connectivity index (χ3n) is 8.29. The molecule has 0 aliphatic heterocycles. The van der Waals surface area contributed by atoms with E-state index in [1.807, 2.05) is 0 Å². The van der Waals surface area contributed by atoms with E-state index in [0.29, 0.717) is 0 Å². The Hall–Kier alpha value is -1.62. The van der Waals surface area contributed by atoms with Gasteiger partial charge in [0.2, 0.25) is 0 Å². The summed E-state index contributed by atoms with van der Waals surface area (Å²) in [6.45, 7) is 19.9. The second-order valence-corrected chi connectivity index (χ2v) is 12.6. The van der Waals surface area contributed by atoms with Gasteiger partial charge < -0.3 is 37.2 Å². The summed E-state index contributed by atoms with van der Waals surface area (Å²) < 4.78 is 0. The van der Waals surface area contributed by atoms with E-state index >= 15 is 0 Å². The van der Waals surface area contributed by atoms with Gasteiger partial charge in [-0.25, -0.2) is 4.98 Å². The van der Waals surface area contributed by atoms with Crippen LogP contribution in [0.5, 0.6) is 0 Å². The van der Waals surface area contributed by atoms with Crippen molar-refractivity contribution >= 4 is 22.8 Å². The maximum Gasteiger partial charge on any atom is 0.0852 e. The molecule has 3 nitrogen and oxygen atoms in total. The summed E-state index contributed by atoms with van der Waals surface area (Å²) in [6, 6.07) is 13.7. The quantitative estimate of drug-likeness (QED) is 0.209. The maximum absolute atomic E-state index is 5.32. The van der Waals surface area contributed by atoms with Crippen molar-refractivity contribution in [3.05, 3.63) is 86.7 Å². The Balaban J connectivity index is 0. The minimum Gasteiger partial charge on any atom is -1.00 e. The smallest absolute Gasteiger partial charge is 0.0852 e. The summed E-state index contributed by atoms with van der Waals surface area (Å²) in [5.41, 5.74) is 15.5. The maximum atomic E-state index is 5.32. The zero-order valence-corrected chi connectivity index (χ0v) is 34.0. The predicted molar refractivity (Wildman–Crippen MR) is 190 cm³/mol. The molecule has 1 aromatic heterocycles. The standard InChI is InChI=1S/C40H57N3.3ClH.V/c1-10-14-18-33-22-28(5)23-34(19-15-11-2)39(33)41-31(8)37-26-30(7)27-38(43-37)32(9)42-40-35(20-16-12-3)24-29(6)25-36(40)21-17-13-4;;;;/h22-27H,10-21H2,1-9H3;3*1H;/p-3. The second kappa shape index (κ2) is 24.5. The SMILES string of the molecule is CCCCc1cc(C)cc(CCCC)c1N=C(C)c1cc(C)cc(C(C)=Nc2c(CCCC)cc(C)cc2CCCC)n1.[Cl-].[Cl-].[Cl-].[V]. The molecular weight excluding hydrogens is 680 g/mol. The van der Waals surface area contributed by atoms with Gasteiger partial charge in [0.25, 0.3) is 0 Å². The van der Waals surface area contributed by atoms with E-state index in [-0.39, 0.29) is 55.8 Å². The fourth-order valence-electron chi connectivity index (χ4n) is 5.87. The monoisotopic (exact) mass is 735 g/mol. The molecule has 0 N–H and O–H groups in total. The normalized spacial score (nSPS) is 11.3. The van der Waals surface area contributed by atoms with Crippen LogP contribution in [0.2, 0.25) is 0 Å². The molecule has 0 amide bonds. The average Bonchev–Trinajstić information content (AvgIpc) is 2.98. The predicted octanol–water partition coefficient (Wildman–Crippen LogP) is 2.67. The fraction of sp³-hybridized carbons (Fsp3) is 0.525. The van der Waals surface area contributed by atoms with Crippen LogP contribution in [0.3, 0.4) is 0 Å². The summed E-state index contributed by atoms with van der Waals surface area (Å²) in [5.74, 6) is 0. The van der Waals surface area contributed by atoms with Crippen LogP contribution in [0.1, 0.15) is 143 Å². The minimum absolute atomic E-state index is 0. The Bertz CT molecular complexity index is 1270. The summed E-state index contributed by atoms with van der Waals surface area (Å²) in [7, 11) is 0. The molecule has 7 heteroatoms. The topological polar surface area (TPSA) is 37.6 Å². The molecule has 261 valence electrons. The van der Waals surface area contributed by atoms with E-state index in [4.69, 9.17) is 15.0 Å². The van der Waals surface area contributed by atoms with Crippen LogP contribution in [-0.4, -0.2) is 16.4 Å². The number of nitrogens with zero attached hydrogens (tertiary/aromatic N) is 3. The number of benzene rings is 2. The van der Waals surface area contributed by atoms with E-state index < -0.39 is 0 Å². The molecule has 0 aliphatic rings. The summed E-state index contributed by atoms with van der Waals surface area (Å²) in [4.78, 5) is 15.8. The molecular formula is C40H57Cl3N3V-3. The van der Waals surface area contributed by atoms with Crippen LogP contribution >= 0.6 is 0 Å². The van der Waals surface area contributed by atoms with Gasteiger partial charge in [-0.15, -0.1) is 0 Å².